The normalized spacial score (nSPS) is 24.7. The molecule has 0 spiro atoms. The molecule has 0 saturated carbocycles. The van der Waals surface area contributed by atoms with Crippen LogP contribution in [0.25, 0.3) is 0 Å². The predicted molar refractivity (Wildman–Crippen MR) is 130 cm³/mol. The van der Waals surface area contributed by atoms with Crippen molar-refractivity contribution < 1.29 is 18.8 Å². The van der Waals surface area contributed by atoms with Gasteiger partial charge in [-0.2, -0.15) is 0 Å². The second-order valence-corrected chi connectivity index (χ2v) is 10.1. The third-order valence-electron chi connectivity index (χ3n) is 7.10. The zero-order valence-electron chi connectivity index (χ0n) is 18.8. The van der Waals surface area contributed by atoms with Crippen LogP contribution in [0, 0.1) is 5.92 Å². The molecule has 2 atom stereocenters. The third-order valence-corrected chi connectivity index (χ3v) is 8.04. The number of hydrogen-bond donors (Lipinski definition) is 1. The molecule has 6 heteroatoms. The highest BCUT2D eigenvalue weighted by Gasteiger charge is 2.47. The minimum Gasteiger partial charge on any atom is -0.488 e. The van der Waals surface area contributed by atoms with Crippen molar-refractivity contribution in [2.45, 2.75) is 25.0 Å². The summed E-state index contributed by atoms with van der Waals surface area (Å²) in [6.45, 7) is 4.80. The lowest BCUT2D eigenvalue weighted by Crippen LogP contribution is -2.65. The Morgan fingerprint density at radius 3 is 2.42 bits per heavy atom. The lowest BCUT2D eigenvalue weighted by Gasteiger charge is -2.51. The molecule has 3 aliphatic rings. The van der Waals surface area contributed by atoms with Crippen LogP contribution in [0.3, 0.4) is 0 Å². The van der Waals surface area contributed by atoms with Gasteiger partial charge in [-0.15, -0.1) is 11.3 Å². The van der Waals surface area contributed by atoms with Crippen molar-refractivity contribution in [2.75, 3.05) is 32.8 Å². The van der Waals surface area contributed by atoms with E-state index in [-0.39, 0.29) is 18.2 Å². The summed E-state index contributed by atoms with van der Waals surface area (Å²) in [7, 11) is 0. The highest BCUT2D eigenvalue weighted by atomic mass is 32.1. The lowest BCUT2D eigenvalue weighted by molar-refractivity contribution is -0.946. The van der Waals surface area contributed by atoms with Crippen LogP contribution in [0.5, 0.6) is 5.75 Å². The molecule has 0 radical (unpaired) electrons. The molecule has 172 valence electrons. The van der Waals surface area contributed by atoms with Crippen molar-refractivity contribution in [3.05, 3.63) is 88.6 Å². The zero-order valence-corrected chi connectivity index (χ0v) is 19.6. The SMILES string of the molecule is O=C(N[C@H](c1ccccc1)c1cccs1)OC1C[N+]2(CCOc3ccccc3)CCC1CC2. The van der Waals surface area contributed by atoms with Crippen LogP contribution < -0.4 is 10.1 Å². The topological polar surface area (TPSA) is 47.6 Å². The van der Waals surface area contributed by atoms with Crippen LogP contribution in [-0.2, 0) is 4.74 Å². The number of piperidine rings is 3. The molecule has 4 heterocycles. The second-order valence-electron chi connectivity index (χ2n) is 9.14. The monoisotopic (exact) mass is 463 g/mol. The summed E-state index contributed by atoms with van der Waals surface area (Å²) < 4.78 is 13.0. The standard InChI is InChI=1S/C27H30N2O3S/c30-27(28-26(25-12-7-19-33-25)22-8-3-1-4-9-22)32-24-20-29(15-13-21(24)14-16-29)17-18-31-23-10-5-2-6-11-23/h1-12,19,21,24,26H,13-18,20H2/p+1/t21?,24?,26-,29?/m1/s1. The number of carbonyl (C=O) groups is 1. The fourth-order valence-corrected chi connectivity index (χ4v) is 6.05. The Morgan fingerprint density at radius 2 is 1.73 bits per heavy atom. The number of amides is 1. The summed E-state index contributed by atoms with van der Waals surface area (Å²) in [5.74, 6) is 1.37. The van der Waals surface area contributed by atoms with E-state index in [1.807, 2.05) is 72.1 Å². The van der Waals surface area contributed by atoms with Crippen LogP contribution >= 0.6 is 11.3 Å². The molecule has 0 aliphatic carbocycles. The molecular weight excluding hydrogens is 432 g/mol. The van der Waals surface area contributed by atoms with Gasteiger partial charge < -0.3 is 19.3 Å². The van der Waals surface area contributed by atoms with Crippen molar-refractivity contribution in [1.82, 2.24) is 5.32 Å². The van der Waals surface area contributed by atoms with Crippen molar-refractivity contribution >= 4 is 17.4 Å². The minimum absolute atomic E-state index is 0.0380. The van der Waals surface area contributed by atoms with E-state index in [2.05, 4.69) is 11.4 Å². The first kappa shape index (κ1) is 22.0. The van der Waals surface area contributed by atoms with Gasteiger partial charge >= 0.3 is 6.09 Å². The molecule has 3 fully saturated rings. The fourth-order valence-electron chi connectivity index (χ4n) is 5.25. The van der Waals surface area contributed by atoms with Gasteiger partial charge in [0.2, 0.25) is 0 Å². The molecule has 1 N–H and O–H groups in total. The van der Waals surface area contributed by atoms with Crippen molar-refractivity contribution in [2.24, 2.45) is 5.92 Å². The van der Waals surface area contributed by atoms with Crippen LogP contribution in [0.2, 0.25) is 0 Å². The van der Waals surface area contributed by atoms with Crippen LogP contribution in [0.1, 0.15) is 29.3 Å². The van der Waals surface area contributed by atoms with Crippen molar-refractivity contribution in [3.8, 4) is 5.75 Å². The smallest absolute Gasteiger partial charge is 0.408 e. The molecule has 33 heavy (non-hydrogen) atoms. The molecule has 1 amide bonds. The number of benzene rings is 2. The number of carbonyl (C=O) groups excluding carboxylic acids is 1. The van der Waals surface area contributed by atoms with Crippen LogP contribution in [0.15, 0.2) is 78.2 Å². The summed E-state index contributed by atoms with van der Waals surface area (Å²) in [5.41, 5.74) is 1.06. The quantitative estimate of drug-likeness (QED) is 0.464. The second kappa shape index (κ2) is 9.98. The molecule has 1 aromatic heterocycles. The predicted octanol–water partition coefficient (Wildman–Crippen LogP) is 5.25. The first-order chi connectivity index (χ1) is 16.2. The molecule has 3 aliphatic heterocycles. The summed E-state index contributed by atoms with van der Waals surface area (Å²) >= 11 is 1.65. The maximum absolute atomic E-state index is 13.0. The lowest BCUT2D eigenvalue weighted by atomic mass is 9.83. The molecule has 6 rings (SSSR count). The Labute approximate surface area is 199 Å². The largest absolute Gasteiger partial charge is 0.488 e. The molecule has 5 nitrogen and oxygen atoms in total. The number of hydrogen-bond acceptors (Lipinski definition) is 4. The first-order valence-corrected chi connectivity index (χ1v) is 12.7. The summed E-state index contributed by atoms with van der Waals surface area (Å²) in [6, 6.07) is 24.0. The van der Waals surface area contributed by atoms with Gasteiger partial charge in [0.1, 0.15) is 25.4 Å². The van der Waals surface area contributed by atoms with Gasteiger partial charge in [0.05, 0.1) is 19.1 Å². The van der Waals surface area contributed by atoms with E-state index in [1.54, 1.807) is 11.3 Å². The molecule has 1 unspecified atom stereocenters. The van der Waals surface area contributed by atoms with Crippen LogP contribution in [0.4, 0.5) is 4.79 Å². The first-order valence-electron chi connectivity index (χ1n) is 11.8. The van der Waals surface area contributed by atoms with Gasteiger partial charge in [-0.1, -0.05) is 54.6 Å². The number of thiophene rings is 1. The number of quaternary nitrogens is 1. The zero-order chi connectivity index (χ0) is 22.5. The van der Waals surface area contributed by atoms with E-state index >= 15 is 0 Å². The van der Waals surface area contributed by atoms with E-state index in [1.165, 1.54) is 0 Å². The molecule has 2 aromatic carbocycles. The Balaban J connectivity index is 1.20. The minimum atomic E-state index is -0.324. The molecule has 2 bridgehead atoms. The van der Waals surface area contributed by atoms with Gasteiger partial charge in [-0.05, 0) is 29.1 Å². The summed E-state index contributed by atoms with van der Waals surface area (Å²) in [6.07, 6.45) is 1.85. The average Bonchev–Trinajstić information content (AvgIpc) is 3.39. The van der Waals surface area contributed by atoms with Crippen LogP contribution in [-0.4, -0.2) is 49.5 Å². The van der Waals surface area contributed by atoms with Crippen molar-refractivity contribution in [1.29, 1.82) is 0 Å². The number of nitrogens with one attached hydrogen (secondary N) is 1. The number of alkyl carbamates (subject to hydrolysis) is 1. The number of ether oxygens (including phenoxy) is 2. The maximum Gasteiger partial charge on any atom is 0.408 e. The highest BCUT2D eigenvalue weighted by Crippen LogP contribution is 2.36. The Hall–Kier alpha value is -2.83. The number of para-hydroxylation sites is 1. The average molecular weight is 464 g/mol. The summed E-state index contributed by atoms with van der Waals surface area (Å²) in [4.78, 5) is 14.1. The van der Waals surface area contributed by atoms with Gasteiger partial charge in [-0.25, -0.2) is 4.79 Å². The van der Waals surface area contributed by atoms with E-state index in [0.717, 1.165) is 59.7 Å². The third kappa shape index (κ3) is 5.23. The van der Waals surface area contributed by atoms with E-state index in [9.17, 15) is 4.79 Å². The molecule has 3 saturated heterocycles. The van der Waals surface area contributed by atoms with Gasteiger partial charge in [-0.3, -0.25) is 0 Å². The Kier molecular flexibility index (Phi) is 6.65. The van der Waals surface area contributed by atoms with E-state index < -0.39 is 0 Å². The maximum atomic E-state index is 13.0. The highest BCUT2D eigenvalue weighted by molar-refractivity contribution is 7.10. The Morgan fingerprint density at radius 1 is 1.00 bits per heavy atom. The number of nitrogens with zero attached hydrogens (tertiary/aromatic N) is 1. The van der Waals surface area contributed by atoms with Gasteiger partial charge in [0, 0.05) is 23.6 Å². The number of fused-ring (bicyclic) bond motifs is 3. The van der Waals surface area contributed by atoms with E-state index in [4.69, 9.17) is 9.47 Å². The van der Waals surface area contributed by atoms with Crippen molar-refractivity contribution in [3.63, 3.8) is 0 Å². The molecular formula is C27H31N2O3S+. The number of rotatable bonds is 8. The fraction of sp³-hybridized carbons (Fsp3) is 0.370. The Bertz CT molecular complexity index is 1020. The van der Waals surface area contributed by atoms with E-state index in [0.29, 0.717) is 12.5 Å². The summed E-state index contributed by atoms with van der Waals surface area (Å²) in [5, 5.41) is 5.18. The molecule has 3 aromatic rings. The van der Waals surface area contributed by atoms with Gasteiger partial charge in [0.25, 0.3) is 0 Å². The van der Waals surface area contributed by atoms with Gasteiger partial charge in [0.15, 0.2) is 6.10 Å².